The molecule has 138 valence electrons. The number of thioether (sulfide) groups is 1. The fourth-order valence-corrected chi connectivity index (χ4v) is 4.19. The fourth-order valence-electron chi connectivity index (χ4n) is 3.16. The molecule has 1 aliphatic heterocycles. The number of nitrogens with zero attached hydrogens (tertiary/aromatic N) is 1. The number of fused-ring (bicyclic) bond motifs is 2. The Kier molecular flexibility index (Phi) is 4.39. The average molecular weight is 412 g/mol. The highest BCUT2D eigenvalue weighted by Crippen LogP contribution is 2.29. The second-order valence-electron chi connectivity index (χ2n) is 6.38. The number of benzene rings is 2. The first kappa shape index (κ1) is 17.7. The second kappa shape index (κ2) is 7.21. The standard InChI is InChI=1S/C23H12N2O2S2/c26-22-20(29-23(28)25-22)11-18-10-17-13-24-12-16(21(17)27-18)9-8-15-6-3-5-14-4-1-2-7-19(14)15/h1-7,10-13H,(H,25,26,28)/b20-11-. The van der Waals surface area contributed by atoms with Crippen LogP contribution in [0.25, 0.3) is 27.8 Å². The number of hydrogen-bond acceptors (Lipinski definition) is 5. The monoisotopic (exact) mass is 412 g/mol. The predicted molar refractivity (Wildman–Crippen MR) is 120 cm³/mol. The van der Waals surface area contributed by atoms with Gasteiger partial charge in [-0.2, -0.15) is 0 Å². The topological polar surface area (TPSA) is 55.1 Å². The summed E-state index contributed by atoms with van der Waals surface area (Å²) in [6, 6.07) is 16.0. The molecule has 1 fully saturated rings. The summed E-state index contributed by atoms with van der Waals surface area (Å²) in [5, 5.41) is 5.67. The van der Waals surface area contributed by atoms with Gasteiger partial charge in [0.25, 0.3) is 5.91 Å². The molecule has 29 heavy (non-hydrogen) atoms. The Morgan fingerprint density at radius 1 is 1.03 bits per heavy atom. The molecule has 6 heteroatoms. The number of thiocarbonyl (C=S) groups is 1. The average Bonchev–Trinajstić information content (AvgIpc) is 3.28. The van der Waals surface area contributed by atoms with E-state index in [1.54, 1.807) is 18.5 Å². The molecule has 0 atom stereocenters. The van der Waals surface area contributed by atoms with E-state index in [1.165, 1.54) is 11.8 Å². The Morgan fingerprint density at radius 2 is 1.86 bits per heavy atom. The van der Waals surface area contributed by atoms with Crippen LogP contribution >= 0.6 is 24.0 Å². The van der Waals surface area contributed by atoms with Crippen molar-refractivity contribution in [1.82, 2.24) is 10.3 Å². The van der Waals surface area contributed by atoms with Gasteiger partial charge in [-0.15, -0.1) is 0 Å². The molecule has 3 heterocycles. The van der Waals surface area contributed by atoms with Gasteiger partial charge in [0.15, 0.2) is 5.58 Å². The summed E-state index contributed by atoms with van der Waals surface area (Å²) in [6.07, 6.45) is 5.09. The molecular weight excluding hydrogens is 400 g/mol. The van der Waals surface area contributed by atoms with Crippen LogP contribution in [0.3, 0.4) is 0 Å². The first-order valence-corrected chi connectivity index (χ1v) is 10.0. The van der Waals surface area contributed by atoms with Gasteiger partial charge in [0.05, 0.1) is 10.5 Å². The SMILES string of the molecule is O=C1NC(=S)S/C1=C\c1cc2cncc(C#Cc3cccc4ccccc34)c2o1. The van der Waals surface area contributed by atoms with Gasteiger partial charge in [-0.05, 0) is 22.9 Å². The smallest absolute Gasteiger partial charge is 0.263 e. The summed E-state index contributed by atoms with van der Waals surface area (Å²) >= 11 is 6.24. The highest BCUT2D eigenvalue weighted by molar-refractivity contribution is 8.26. The van der Waals surface area contributed by atoms with Crippen molar-refractivity contribution in [2.24, 2.45) is 0 Å². The summed E-state index contributed by atoms with van der Waals surface area (Å²) in [6.45, 7) is 0. The Morgan fingerprint density at radius 3 is 2.72 bits per heavy atom. The van der Waals surface area contributed by atoms with Crippen molar-refractivity contribution >= 4 is 62.0 Å². The van der Waals surface area contributed by atoms with Crippen LogP contribution in [0.4, 0.5) is 0 Å². The van der Waals surface area contributed by atoms with Gasteiger partial charge in [-0.3, -0.25) is 9.78 Å². The van der Waals surface area contributed by atoms with Crippen molar-refractivity contribution < 1.29 is 9.21 Å². The number of carbonyl (C=O) groups excluding carboxylic acids is 1. The van der Waals surface area contributed by atoms with E-state index in [0.29, 0.717) is 26.1 Å². The molecule has 2 aromatic carbocycles. The summed E-state index contributed by atoms with van der Waals surface area (Å²) in [7, 11) is 0. The largest absolute Gasteiger partial charge is 0.455 e. The summed E-state index contributed by atoms with van der Waals surface area (Å²) < 4.78 is 6.41. The lowest BCUT2D eigenvalue weighted by molar-refractivity contribution is -0.115. The minimum absolute atomic E-state index is 0.213. The van der Waals surface area contributed by atoms with E-state index in [4.69, 9.17) is 16.6 Å². The maximum Gasteiger partial charge on any atom is 0.263 e. The molecule has 2 aromatic heterocycles. The molecule has 4 aromatic rings. The van der Waals surface area contributed by atoms with E-state index >= 15 is 0 Å². The van der Waals surface area contributed by atoms with E-state index in [0.717, 1.165) is 21.7 Å². The van der Waals surface area contributed by atoms with E-state index in [1.807, 2.05) is 30.3 Å². The molecule has 4 nitrogen and oxygen atoms in total. The number of hydrogen-bond donors (Lipinski definition) is 1. The molecule has 0 bridgehead atoms. The number of amides is 1. The van der Waals surface area contributed by atoms with Crippen molar-refractivity contribution in [2.75, 3.05) is 0 Å². The van der Waals surface area contributed by atoms with Crippen LogP contribution < -0.4 is 5.32 Å². The Balaban J connectivity index is 1.56. The lowest BCUT2D eigenvalue weighted by Gasteiger charge is -1.99. The minimum Gasteiger partial charge on any atom is -0.455 e. The highest BCUT2D eigenvalue weighted by atomic mass is 32.2. The fraction of sp³-hybridized carbons (Fsp3) is 0. The van der Waals surface area contributed by atoms with E-state index in [-0.39, 0.29) is 5.91 Å². The zero-order valence-corrected chi connectivity index (χ0v) is 16.6. The summed E-state index contributed by atoms with van der Waals surface area (Å²) in [4.78, 5) is 16.6. The third kappa shape index (κ3) is 3.42. The van der Waals surface area contributed by atoms with Gasteiger partial charge >= 0.3 is 0 Å². The maximum absolute atomic E-state index is 11.9. The molecule has 0 saturated carbocycles. The number of furan rings is 1. The third-order valence-corrected chi connectivity index (χ3v) is 5.64. The molecule has 0 aliphatic carbocycles. The zero-order valence-electron chi connectivity index (χ0n) is 14.9. The molecule has 0 radical (unpaired) electrons. The van der Waals surface area contributed by atoms with Crippen LogP contribution in [0.5, 0.6) is 0 Å². The zero-order chi connectivity index (χ0) is 19.8. The van der Waals surface area contributed by atoms with Gasteiger partial charge in [0, 0.05) is 29.4 Å². The Labute approximate surface area is 176 Å². The quantitative estimate of drug-likeness (QED) is 0.275. The lowest BCUT2D eigenvalue weighted by Crippen LogP contribution is -2.17. The van der Waals surface area contributed by atoms with Crippen LogP contribution in [-0.4, -0.2) is 15.2 Å². The van der Waals surface area contributed by atoms with Crippen LogP contribution in [-0.2, 0) is 4.79 Å². The molecule has 1 saturated heterocycles. The highest BCUT2D eigenvalue weighted by Gasteiger charge is 2.22. The van der Waals surface area contributed by atoms with Crippen molar-refractivity contribution in [2.45, 2.75) is 0 Å². The van der Waals surface area contributed by atoms with Crippen LogP contribution in [0, 0.1) is 11.8 Å². The lowest BCUT2D eigenvalue weighted by atomic mass is 10.0. The second-order valence-corrected chi connectivity index (χ2v) is 8.10. The normalized spacial score (nSPS) is 15.0. The molecule has 1 N–H and O–H groups in total. The number of nitrogens with one attached hydrogen (secondary N) is 1. The van der Waals surface area contributed by atoms with Gasteiger partial charge in [-0.1, -0.05) is 72.2 Å². The van der Waals surface area contributed by atoms with Gasteiger partial charge in [0.2, 0.25) is 0 Å². The number of pyridine rings is 1. The molecular formula is C23H12N2O2S2. The molecule has 0 spiro atoms. The van der Waals surface area contributed by atoms with Gasteiger partial charge < -0.3 is 9.73 Å². The summed E-state index contributed by atoms with van der Waals surface area (Å²) in [5.41, 5.74) is 2.28. The van der Waals surface area contributed by atoms with Crippen molar-refractivity contribution in [3.8, 4) is 11.8 Å². The van der Waals surface area contributed by atoms with Crippen LogP contribution in [0.1, 0.15) is 16.9 Å². The molecule has 5 rings (SSSR count). The van der Waals surface area contributed by atoms with E-state index in [2.05, 4.69) is 40.3 Å². The third-order valence-electron chi connectivity index (χ3n) is 4.48. The Hall–Kier alpha value is -3.40. The molecule has 1 aliphatic rings. The molecule has 1 amide bonds. The van der Waals surface area contributed by atoms with Crippen LogP contribution in [0.2, 0.25) is 0 Å². The first-order chi connectivity index (χ1) is 14.2. The predicted octanol–water partition coefficient (Wildman–Crippen LogP) is 4.87. The first-order valence-electron chi connectivity index (χ1n) is 8.79. The van der Waals surface area contributed by atoms with Gasteiger partial charge in [-0.25, -0.2) is 0 Å². The Bertz CT molecular complexity index is 1400. The van der Waals surface area contributed by atoms with E-state index < -0.39 is 0 Å². The van der Waals surface area contributed by atoms with Gasteiger partial charge in [0.1, 0.15) is 10.1 Å². The van der Waals surface area contributed by atoms with E-state index in [9.17, 15) is 4.79 Å². The van der Waals surface area contributed by atoms with Crippen molar-refractivity contribution in [3.63, 3.8) is 0 Å². The van der Waals surface area contributed by atoms with Crippen molar-refractivity contribution in [3.05, 3.63) is 82.7 Å². The molecule has 0 unspecified atom stereocenters. The number of aromatic nitrogens is 1. The number of carbonyl (C=O) groups is 1. The van der Waals surface area contributed by atoms with Crippen LogP contribution in [0.15, 0.2) is 70.2 Å². The maximum atomic E-state index is 11.9. The summed E-state index contributed by atoms with van der Waals surface area (Å²) in [5.74, 6) is 6.77. The minimum atomic E-state index is -0.213. The number of rotatable bonds is 1. The van der Waals surface area contributed by atoms with Crippen molar-refractivity contribution in [1.29, 1.82) is 0 Å².